The second-order valence-electron chi connectivity index (χ2n) is 4.14. The average Bonchev–Trinajstić information content (AvgIpc) is 2.15. The van der Waals surface area contributed by atoms with Gasteiger partial charge in [0.25, 0.3) is 5.91 Å². The smallest absolute Gasteiger partial charge is 0.253 e. The van der Waals surface area contributed by atoms with Crippen LogP contribution in [0, 0.1) is 6.92 Å². The summed E-state index contributed by atoms with van der Waals surface area (Å²) < 4.78 is 0. The highest BCUT2D eigenvalue weighted by atomic mass is 16.2. The van der Waals surface area contributed by atoms with Crippen LogP contribution in [-0.4, -0.2) is 23.9 Å². The molecule has 0 aromatic heterocycles. The molecule has 0 unspecified atom stereocenters. The Morgan fingerprint density at radius 2 is 2.13 bits per heavy atom. The second-order valence-corrected chi connectivity index (χ2v) is 4.14. The second kappa shape index (κ2) is 4.05. The van der Waals surface area contributed by atoms with Crippen LogP contribution in [0.15, 0.2) is 18.2 Å². The number of benzene rings is 1. The summed E-state index contributed by atoms with van der Waals surface area (Å²) in [5, 5.41) is 0. The maximum Gasteiger partial charge on any atom is 0.253 e. The molecule has 1 fully saturated rings. The summed E-state index contributed by atoms with van der Waals surface area (Å²) in [5.74, 6) is 0.191. The van der Waals surface area contributed by atoms with E-state index in [0.29, 0.717) is 0 Å². The lowest BCUT2D eigenvalue weighted by Gasteiger charge is -2.31. The van der Waals surface area contributed by atoms with Crippen LogP contribution in [0.1, 0.15) is 34.8 Å². The first-order chi connectivity index (χ1) is 7.22. The van der Waals surface area contributed by atoms with Crippen molar-refractivity contribution < 1.29 is 4.79 Å². The third-order valence-electron chi connectivity index (χ3n) is 3.12. The summed E-state index contributed by atoms with van der Waals surface area (Å²) in [6.45, 7) is 6.07. The van der Waals surface area contributed by atoms with Crippen molar-refractivity contribution in [2.24, 2.45) is 0 Å². The summed E-state index contributed by atoms with van der Waals surface area (Å²) in [6.07, 6.45) is 2.14. The SMILES string of the molecule is CCc1cc(C(=O)N2CCC2)ccc1C. The largest absolute Gasteiger partial charge is 0.339 e. The third kappa shape index (κ3) is 1.89. The molecule has 0 atom stereocenters. The molecule has 0 bridgehead atoms. The predicted molar refractivity (Wildman–Crippen MR) is 61.1 cm³/mol. The Balaban J connectivity index is 2.24. The number of carbonyl (C=O) groups excluding carboxylic acids is 1. The van der Waals surface area contributed by atoms with Crippen LogP contribution in [0.2, 0.25) is 0 Å². The standard InChI is InChI=1S/C13H17NO/c1-3-11-9-12(6-5-10(11)2)13(15)14-7-4-8-14/h5-6,9H,3-4,7-8H2,1-2H3. The Morgan fingerprint density at radius 3 is 2.67 bits per heavy atom. The van der Waals surface area contributed by atoms with Gasteiger partial charge >= 0.3 is 0 Å². The van der Waals surface area contributed by atoms with Gasteiger partial charge in [-0.25, -0.2) is 0 Å². The van der Waals surface area contributed by atoms with Crippen LogP contribution in [0.3, 0.4) is 0 Å². The minimum absolute atomic E-state index is 0.191. The van der Waals surface area contributed by atoms with E-state index in [1.165, 1.54) is 11.1 Å². The van der Waals surface area contributed by atoms with Crippen molar-refractivity contribution in [3.05, 3.63) is 34.9 Å². The van der Waals surface area contributed by atoms with Gasteiger partial charge in [0.15, 0.2) is 0 Å². The number of carbonyl (C=O) groups is 1. The van der Waals surface area contributed by atoms with E-state index < -0.39 is 0 Å². The summed E-state index contributed by atoms with van der Waals surface area (Å²) in [6, 6.07) is 6.02. The molecule has 0 aliphatic carbocycles. The monoisotopic (exact) mass is 203 g/mol. The van der Waals surface area contributed by atoms with Crippen molar-refractivity contribution >= 4 is 5.91 Å². The zero-order chi connectivity index (χ0) is 10.8. The Hall–Kier alpha value is -1.31. The van der Waals surface area contributed by atoms with Crippen LogP contribution < -0.4 is 0 Å². The minimum Gasteiger partial charge on any atom is -0.339 e. The molecule has 1 aliphatic rings. The van der Waals surface area contributed by atoms with Crippen LogP contribution in [0.5, 0.6) is 0 Å². The molecule has 2 rings (SSSR count). The van der Waals surface area contributed by atoms with Gasteiger partial charge in [-0.2, -0.15) is 0 Å². The Kier molecular flexibility index (Phi) is 2.76. The van der Waals surface area contributed by atoms with Gasteiger partial charge in [0.05, 0.1) is 0 Å². The van der Waals surface area contributed by atoms with E-state index in [0.717, 1.165) is 31.5 Å². The fraction of sp³-hybridized carbons (Fsp3) is 0.462. The quantitative estimate of drug-likeness (QED) is 0.722. The van der Waals surface area contributed by atoms with Gasteiger partial charge in [-0.05, 0) is 43.0 Å². The lowest BCUT2D eigenvalue weighted by Crippen LogP contribution is -2.42. The predicted octanol–water partition coefficient (Wildman–Crippen LogP) is 2.40. The van der Waals surface area contributed by atoms with Crippen LogP contribution >= 0.6 is 0 Å². The third-order valence-corrected chi connectivity index (χ3v) is 3.12. The zero-order valence-corrected chi connectivity index (χ0v) is 9.42. The molecule has 1 amide bonds. The number of hydrogen-bond donors (Lipinski definition) is 0. The molecular formula is C13H17NO. The minimum atomic E-state index is 0.191. The van der Waals surface area contributed by atoms with Crippen molar-refractivity contribution in [1.29, 1.82) is 0 Å². The molecule has 2 heteroatoms. The van der Waals surface area contributed by atoms with Crippen molar-refractivity contribution in [1.82, 2.24) is 4.90 Å². The first kappa shape index (κ1) is 10.2. The van der Waals surface area contributed by atoms with Gasteiger partial charge in [0.1, 0.15) is 0 Å². The molecule has 15 heavy (non-hydrogen) atoms. The molecule has 1 aliphatic heterocycles. The highest BCUT2D eigenvalue weighted by molar-refractivity contribution is 5.94. The molecule has 0 saturated carbocycles. The van der Waals surface area contributed by atoms with Crippen molar-refractivity contribution in [3.8, 4) is 0 Å². The molecule has 0 N–H and O–H groups in total. The molecular weight excluding hydrogens is 186 g/mol. The summed E-state index contributed by atoms with van der Waals surface area (Å²) >= 11 is 0. The average molecular weight is 203 g/mol. The number of rotatable bonds is 2. The fourth-order valence-electron chi connectivity index (χ4n) is 1.89. The number of hydrogen-bond acceptors (Lipinski definition) is 1. The van der Waals surface area contributed by atoms with E-state index >= 15 is 0 Å². The van der Waals surface area contributed by atoms with Gasteiger partial charge in [-0.1, -0.05) is 13.0 Å². The van der Waals surface area contributed by atoms with Gasteiger partial charge in [0.2, 0.25) is 0 Å². The molecule has 0 spiro atoms. The lowest BCUT2D eigenvalue weighted by atomic mass is 10.0. The number of amides is 1. The first-order valence-corrected chi connectivity index (χ1v) is 5.61. The molecule has 1 heterocycles. The molecule has 80 valence electrons. The van der Waals surface area contributed by atoms with E-state index in [4.69, 9.17) is 0 Å². The van der Waals surface area contributed by atoms with Gasteiger partial charge < -0.3 is 4.90 Å². The van der Waals surface area contributed by atoms with Crippen LogP contribution in [0.4, 0.5) is 0 Å². The Labute approximate surface area is 90.9 Å². The van der Waals surface area contributed by atoms with E-state index in [9.17, 15) is 4.79 Å². The summed E-state index contributed by atoms with van der Waals surface area (Å²) in [4.78, 5) is 13.8. The van der Waals surface area contributed by atoms with E-state index in [1.54, 1.807) is 0 Å². The Morgan fingerprint density at radius 1 is 1.40 bits per heavy atom. The normalized spacial score (nSPS) is 14.9. The molecule has 1 aromatic carbocycles. The van der Waals surface area contributed by atoms with E-state index in [1.807, 2.05) is 23.1 Å². The molecule has 2 nitrogen and oxygen atoms in total. The first-order valence-electron chi connectivity index (χ1n) is 5.61. The summed E-state index contributed by atoms with van der Waals surface area (Å²) in [5.41, 5.74) is 3.40. The zero-order valence-electron chi connectivity index (χ0n) is 9.42. The lowest BCUT2D eigenvalue weighted by molar-refractivity contribution is 0.0651. The van der Waals surface area contributed by atoms with Gasteiger partial charge in [0, 0.05) is 18.7 Å². The maximum absolute atomic E-state index is 11.9. The van der Waals surface area contributed by atoms with Crippen molar-refractivity contribution in [2.75, 3.05) is 13.1 Å². The highest BCUT2D eigenvalue weighted by Crippen LogP contribution is 2.16. The van der Waals surface area contributed by atoms with E-state index in [-0.39, 0.29) is 5.91 Å². The summed E-state index contributed by atoms with van der Waals surface area (Å²) in [7, 11) is 0. The number of likely N-dealkylation sites (tertiary alicyclic amines) is 1. The van der Waals surface area contributed by atoms with Crippen LogP contribution in [0.25, 0.3) is 0 Å². The Bertz CT molecular complexity index is 380. The highest BCUT2D eigenvalue weighted by Gasteiger charge is 2.21. The number of nitrogens with zero attached hydrogens (tertiary/aromatic N) is 1. The molecule has 0 radical (unpaired) electrons. The van der Waals surface area contributed by atoms with Crippen molar-refractivity contribution in [2.45, 2.75) is 26.7 Å². The molecule has 1 aromatic rings. The molecule has 1 saturated heterocycles. The van der Waals surface area contributed by atoms with Crippen LogP contribution in [-0.2, 0) is 6.42 Å². The topological polar surface area (TPSA) is 20.3 Å². The van der Waals surface area contributed by atoms with E-state index in [2.05, 4.69) is 13.8 Å². The fourth-order valence-corrected chi connectivity index (χ4v) is 1.89. The van der Waals surface area contributed by atoms with Gasteiger partial charge in [-0.3, -0.25) is 4.79 Å². The maximum atomic E-state index is 11.9. The van der Waals surface area contributed by atoms with Crippen molar-refractivity contribution in [3.63, 3.8) is 0 Å². The van der Waals surface area contributed by atoms with Gasteiger partial charge in [-0.15, -0.1) is 0 Å². The number of aryl methyl sites for hydroxylation is 2.